The van der Waals surface area contributed by atoms with Crippen LogP contribution in [0, 0.1) is 28.9 Å². The van der Waals surface area contributed by atoms with Crippen LogP contribution in [0.1, 0.15) is 5.56 Å². The van der Waals surface area contributed by atoms with Gasteiger partial charge in [0.25, 0.3) is 0 Å². The van der Waals surface area contributed by atoms with Crippen LogP contribution in [0.4, 0.5) is 8.78 Å². The summed E-state index contributed by atoms with van der Waals surface area (Å²) >= 11 is 8.44. The molecule has 1 nitrogen and oxygen atoms in total. The predicted molar refractivity (Wildman–Crippen MR) is 57.6 cm³/mol. The Kier molecular flexibility index (Phi) is 4.49. The van der Waals surface area contributed by atoms with E-state index in [1.54, 1.807) is 0 Å². The lowest BCUT2D eigenvalue weighted by molar-refractivity contribution is 0.537. The normalized spacial score (nSPS) is 12.2. The number of alkyl halides is 1. The molecule has 1 aromatic carbocycles. The maximum Gasteiger partial charge on any atom is 0.143 e. The van der Waals surface area contributed by atoms with Gasteiger partial charge in [0, 0.05) is 11.4 Å². The van der Waals surface area contributed by atoms with Crippen LogP contribution in [0.2, 0.25) is 0 Å². The second-order valence-corrected chi connectivity index (χ2v) is 4.17. The zero-order valence-corrected chi connectivity index (χ0v) is 9.95. The summed E-state index contributed by atoms with van der Waals surface area (Å²) < 4.78 is 26.9. The van der Waals surface area contributed by atoms with Gasteiger partial charge in [0.05, 0.1) is 16.5 Å². The van der Waals surface area contributed by atoms with Gasteiger partial charge in [-0.05, 0) is 34.5 Å². The molecule has 0 saturated carbocycles. The van der Waals surface area contributed by atoms with Gasteiger partial charge < -0.3 is 0 Å². The average molecular weight is 295 g/mol. The first-order valence-corrected chi connectivity index (χ1v) is 5.50. The van der Waals surface area contributed by atoms with E-state index in [9.17, 15) is 8.78 Å². The summed E-state index contributed by atoms with van der Waals surface area (Å²) in [7, 11) is 0. The van der Waals surface area contributed by atoms with E-state index >= 15 is 0 Å². The number of hydrogen-bond donors (Lipinski definition) is 0. The van der Waals surface area contributed by atoms with Gasteiger partial charge in [-0.1, -0.05) is 0 Å². The zero-order valence-electron chi connectivity index (χ0n) is 7.61. The smallest absolute Gasteiger partial charge is 0.143 e. The van der Waals surface area contributed by atoms with Crippen LogP contribution in [0.5, 0.6) is 0 Å². The highest BCUT2D eigenvalue weighted by Gasteiger charge is 2.16. The largest absolute Gasteiger partial charge is 0.207 e. The van der Waals surface area contributed by atoms with E-state index in [1.165, 1.54) is 6.07 Å². The molecule has 0 saturated heterocycles. The second-order valence-electron chi connectivity index (χ2n) is 3.01. The Morgan fingerprint density at radius 2 is 2.13 bits per heavy atom. The zero-order chi connectivity index (χ0) is 11.4. The molecule has 5 heteroatoms. The molecular formula is C10H7BrClF2N. The number of nitrogens with zero attached hydrogens (tertiary/aromatic N) is 1. The SMILES string of the molecule is N#CC(CCl)Cc1c(F)ccc(Br)c1F. The molecule has 0 aliphatic heterocycles. The topological polar surface area (TPSA) is 23.8 Å². The third kappa shape index (κ3) is 2.90. The summed E-state index contributed by atoms with van der Waals surface area (Å²) in [6.45, 7) is 0. The molecule has 1 rings (SSSR count). The lowest BCUT2D eigenvalue weighted by Gasteiger charge is -2.08. The minimum atomic E-state index is -0.666. The van der Waals surface area contributed by atoms with E-state index in [-0.39, 0.29) is 22.3 Å². The first-order chi connectivity index (χ1) is 7.10. The number of halogens is 4. The van der Waals surface area contributed by atoms with E-state index in [4.69, 9.17) is 16.9 Å². The third-order valence-electron chi connectivity index (χ3n) is 1.96. The molecule has 0 aromatic heterocycles. The molecule has 0 heterocycles. The van der Waals surface area contributed by atoms with Gasteiger partial charge in [0.2, 0.25) is 0 Å². The molecule has 1 unspecified atom stereocenters. The predicted octanol–water partition coefficient (Wildman–Crippen LogP) is 3.65. The number of hydrogen-bond acceptors (Lipinski definition) is 1. The van der Waals surface area contributed by atoms with Gasteiger partial charge in [-0.25, -0.2) is 8.78 Å². The fourth-order valence-electron chi connectivity index (χ4n) is 1.14. The highest BCUT2D eigenvalue weighted by Crippen LogP contribution is 2.24. The van der Waals surface area contributed by atoms with Crippen molar-refractivity contribution >= 4 is 27.5 Å². The van der Waals surface area contributed by atoms with Crippen LogP contribution in [-0.4, -0.2) is 5.88 Å². The summed E-state index contributed by atoms with van der Waals surface area (Å²) in [4.78, 5) is 0. The molecule has 1 atom stereocenters. The number of nitriles is 1. The highest BCUT2D eigenvalue weighted by atomic mass is 79.9. The summed E-state index contributed by atoms with van der Waals surface area (Å²) in [6.07, 6.45) is -0.0168. The maximum atomic E-state index is 13.5. The molecule has 80 valence electrons. The Morgan fingerprint density at radius 1 is 1.47 bits per heavy atom. The van der Waals surface area contributed by atoms with Crippen LogP contribution < -0.4 is 0 Å². The molecule has 0 bridgehead atoms. The standard InChI is InChI=1S/C10H7BrClF2N/c11-8-1-2-9(13)7(10(8)14)3-6(4-12)5-15/h1-2,6H,3-4H2. The molecule has 1 aromatic rings. The maximum absolute atomic E-state index is 13.5. The van der Waals surface area contributed by atoms with E-state index < -0.39 is 17.6 Å². The monoisotopic (exact) mass is 293 g/mol. The van der Waals surface area contributed by atoms with Crippen molar-refractivity contribution in [3.05, 3.63) is 33.8 Å². The van der Waals surface area contributed by atoms with Gasteiger partial charge in [0.1, 0.15) is 11.6 Å². The molecule has 0 spiro atoms. The lowest BCUT2D eigenvalue weighted by Crippen LogP contribution is -2.07. The summed E-state index contributed by atoms with van der Waals surface area (Å²) in [5, 5.41) is 8.65. The van der Waals surface area contributed by atoms with Crippen molar-refractivity contribution in [2.24, 2.45) is 5.92 Å². The Labute approximate surface area is 99.8 Å². The molecule has 0 radical (unpaired) electrons. The summed E-state index contributed by atoms with van der Waals surface area (Å²) in [5.74, 6) is -1.84. The fourth-order valence-corrected chi connectivity index (χ4v) is 1.69. The quantitative estimate of drug-likeness (QED) is 0.616. The number of rotatable bonds is 3. The molecule has 0 amide bonds. The van der Waals surface area contributed by atoms with Gasteiger partial charge in [-0.2, -0.15) is 5.26 Å². The minimum absolute atomic E-state index is 0.0168. The van der Waals surface area contributed by atoms with Crippen LogP contribution in [-0.2, 0) is 6.42 Å². The van der Waals surface area contributed by atoms with E-state index in [1.807, 2.05) is 6.07 Å². The van der Waals surface area contributed by atoms with Crippen LogP contribution in [0.3, 0.4) is 0 Å². The van der Waals surface area contributed by atoms with Crippen molar-refractivity contribution in [3.8, 4) is 6.07 Å². The van der Waals surface area contributed by atoms with Crippen molar-refractivity contribution in [3.63, 3.8) is 0 Å². The highest BCUT2D eigenvalue weighted by molar-refractivity contribution is 9.10. The molecule has 0 N–H and O–H groups in total. The molecular weight excluding hydrogens is 287 g/mol. The van der Waals surface area contributed by atoms with Gasteiger partial charge in [-0.15, -0.1) is 11.6 Å². The van der Waals surface area contributed by atoms with Crippen LogP contribution in [0.15, 0.2) is 16.6 Å². The van der Waals surface area contributed by atoms with Crippen LogP contribution in [0.25, 0.3) is 0 Å². The van der Waals surface area contributed by atoms with E-state index in [0.29, 0.717) is 0 Å². The number of benzene rings is 1. The molecule has 0 fully saturated rings. The Bertz CT molecular complexity index is 403. The van der Waals surface area contributed by atoms with Crippen LogP contribution >= 0.6 is 27.5 Å². The molecule has 0 aliphatic rings. The molecule has 0 aliphatic carbocycles. The third-order valence-corrected chi connectivity index (χ3v) is 2.94. The average Bonchev–Trinajstić information content (AvgIpc) is 2.24. The molecule has 15 heavy (non-hydrogen) atoms. The summed E-state index contributed by atoms with van der Waals surface area (Å²) in [6, 6.07) is 4.34. The fraction of sp³-hybridized carbons (Fsp3) is 0.300. The Morgan fingerprint density at radius 3 is 2.67 bits per heavy atom. The first kappa shape index (κ1) is 12.4. The van der Waals surface area contributed by atoms with Crippen molar-refractivity contribution in [2.45, 2.75) is 6.42 Å². The van der Waals surface area contributed by atoms with Gasteiger partial charge in [-0.3, -0.25) is 0 Å². The van der Waals surface area contributed by atoms with E-state index in [0.717, 1.165) is 6.07 Å². The van der Waals surface area contributed by atoms with Crippen molar-refractivity contribution < 1.29 is 8.78 Å². The van der Waals surface area contributed by atoms with E-state index in [2.05, 4.69) is 15.9 Å². The van der Waals surface area contributed by atoms with Crippen molar-refractivity contribution in [2.75, 3.05) is 5.88 Å². The second kappa shape index (κ2) is 5.43. The van der Waals surface area contributed by atoms with Crippen molar-refractivity contribution in [1.29, 1.82) is 5.26 Å². The van der Waals surface area contributed by atoms with Gasteiger partial charge in [0.15, 0.2) is 0 Å². The summed E-state index contributed by atoms with van der Waals surface area (Å²) in [5.41, 5.74) is -0.100. The van der Waals surface area contributed by atoms with Crippen molar-refractivity contribution in [1.82, 2.24) is 0 Å². The Balaban J connectivity index is 3.04. The lowest BCUT2D eigenvalue weighted by atomic mass is 10.0. The minimum Gasteiger partial charge on any atom is -0.207 e. The van der Waals surface area contributed by atoms with Gasteiger partial charge >= 0.3 is 0 Å². The Hall–Kier alpha value is -0.660. The first-order valence-electron chi connectivity index (χ1n) is 4.18.